The fraction of sp³-hybridized carbons (Fsp3) is 0.529. The maximum atomic E-state index is 14.4. The summed E-state index contributed by atoms with van der Waals surface area (Å²) in [7, 11) is 0. The maximum Gasteiger partial charge on any atom is 0.307 e. The van der Waals surface area contributed by atoms with Crippen LogP contribution in [0.15, 0.2) is 18.2 Å². The number of hydrogen-bond donors (Lipinski definition) is 1. The van der Waals surface area contributed by atoms with Crippen molar-refractivity contribution >= 4 is 17.6 Å². The summed E-state index contributed by atoms with van der Waals surface area (Å²) in [5.74, 6) is -2.30. The minimum atomic E-state index is -0.910. The van der Waals surface area contributed by atoms with Gasteiger partial charge in [-0.05, 0) is 31.4 Å². The number of aliphatic carboxylic acids is 1. The summed E-state index contributed by atoms with van der Waals surface area (Å²) >= 11 is 0. The number of carboxylic acid groups (broad SMARTS) is 1. The third kappa shape index (κ3) is 1.81. The zero-order valence-electron chi connectivity index (χ0n) is 12.2. The van der Waals surface area contributed by atoms with E-state index in [0.717, 1.165) is 25.7 Å². The Morgan fingerprint density at radius 3 is 2.59 bits per heavy atom. The molecule has 3 aliphatic rings. The first-order valence-electron chi connectivity index (χ1n) is 7.87. The van der Waals surface area contributed by atoms with Gasteiger partial charge in [0, 0.05) is 17.5 Å². The summed E-state index contributed by atoms with van der Waals surface area (Å²) in [6.45, 7) is 0.505. The molecule has 116 valence electrons. The highest BCUT2D eigenvalue weighted by Crippen LogP contribution is 2.53. The molecule has 0 saturated heterocycles. The summed E-state index contributed by atoms with van der Waals surface area (Å²) in [6, 6.07) is 4.88. The Labute approximate surface area is 127 Å². The van der Waals surface area contributed by atoms with Gasteiger partial charge in [0.25, 0.3) is 0 Å². The number of amides is 1. The topological polar surface area (TPSA) is 57.6 Å². The number of fused-ring (bicyclic) bond motifs is 2. The fourth-order valence-electron chi connectivity index (χ4n) is 4.33. The molecular weight excluding hydrogens is 285 g/mol. The van der Waals surface area contributed by atoms with E-state index in [1.165, 1.54) is 6.07 Å². The number of nitrogens with zero attached hydrogens (tertiary/aromatic N) is 1. The van der Waals surface area contributed by atoms with Crippen LogP contribution >= 0.6 is 0 Å². The minimum Gasteiger partial charge on any atom is -0.481 e. The van der Waals surface area contributed by atoms with Crippen molar-refractivity contribution < 1.29 is 19.1 Å². The Morgan fingerprint density at radius 2 is 1.95 bits per heavy atom. The molecule has 1 aromatic carbocycles. The number of rotatable bonds is 2. The number of carboxylic acids is 1. The van der Waals surface area contributed by atoms with Crippen molar-refractivity contribution in [3.63, 3.8) is 0 Å². The predicted octanol–water partition coefficient (Wildman–Crippen LogP) is 2.70. The average molecular weight is 303 g/mol. The molecule has 5 heteroatoms. The molecule has 4 nitrogen and oxygen atoms in total. The predicted molar refractivity (Wildman–Crippen MR) is 78.1 cm³/mol. The highest BCUT2D eigenvalue weighted by molar-refractivity contribution is 6.02. The standard InChI is InChI=1S/C17H18FNO3/c18-12-4-3-5-13-14(12)17(6-1-2-7-17)9-19(13)15(20)10-8-11(10)16(21)22/h3-5,10-11H,1-2,6-9H2,(H,21,22). The fourth-order valence-corrected chi connectivity index (χ4v) is 4.33. The van der Waals surface area contributed by atoms with Crippen LogP contribution < -0.4 is 4.90 Å². The average Bonchev–Trinajstić information content (AvgIpc) is 3.06. The molecule has 0 bridgehead atoms. The zero-order chi connectivity index (χ0) is 15.5. The molecule has 2 unspecified atom stereocenters. The number of carbonyl (C=O) groups is 2. The van der Waals surface area contributed by atoms with Crippen molar-refractivity contribution in [2.24, 2.45) is 11.8 Å². The minimum absolute atomic E-state index is 0.150. The quantitative estimate of drug-likeness (QED) is 0.914. The van der Waals surface area contributed by atoms with Gasteiger partial charge in [-0.2, -0.15) is 0 Å². The summed E-state index contributed by atoms with van der Waals surface area (Å²) < 4.78 is 14.4. The van der Waals surface area contributed by atoms with Gasteiger partial charge in [-0.3, -0.25) is 9.59 Å². The van der Waals surface area contributed by atoms with Crippen molar-refractivity contribution in [1.82, 2.24) is 0 Å². The number of carbonyl (C=O) groups excluding carboxylic acids is 1. The van der Waals surface area contributed by atoms with Crippen LogP contribution in [0.1, 0.15) is 37.7 Å². The number of halogens is 1. The van der Waals surface area contributed by atoms with E-state index in [1.807, 2.05) is 0 Å². The van der Waals surface area contributed by atoms with Crippen LogP contribution in [0.2, 0.25) is 0 Å². The van der Waals surface area contributed by atoms with Gasteiger partial charge in [-0.15, -0.1) is 0 Å². The first-order valence-corrected chi connectivity index (χ1v) is 7.87. The molecule has 2 atom stereocenters. The van der Waals surface area contributed by atoms with E-state index in [-0.39, 0.29) is 17.1 Å². The second-order valence-electron chi connectivity index (χ2n) is 6.83. The molecule has 2 aliphatic carbocycles. The molecule has 1 aliphatic heterocycles. The van der Waals surface area contributed by atoms with Crippen LogP contribution in [0.3, 0.4) is 0 Å². The van der Waals surface area contributed by atoms with Crippen LogP contribution in [0.4, 0.5) is 10.1 Å². The monoisotopic (exact) mass is 303 g/mol. The van der Waals surface area contributed by atoms with Crippen molar-refractivity contribution in [3.05, 3.63) is 29.6 Å². The van der Waals surface area contributed by atoms with Crippen molar-refractivity contribution in [1.29, 1.82) is 0 Å². The maximum absolute atomic E-state index is 14.4. The van der Waals surface area contributed by atoms with Gasteiger partial charge in [-0.1, -0.05) is 18.9 Å². The molecule has 1 N–H and O–H groups in total. The lowest BCUT2D eigenvalue weighted by molar-refractivity contribution is -0.140. The lowest BCUT2D eigenvalue weighted by Gasteiger charge is -2.25. The van der Waals surface area contributed by atoms with Crippen LogP contribution in [-0.4, -0.2) is 23.5 Å². The van der Waals surface area contributed by atoms with Gasteiger partial charge in [0.05, 0.1) is 17.5 Å². The Morgan fingerprint density at radius 1 is 1.23 bits per heavy atom. The summed E-state index contributed by atoms with van der Waals surface area (Å²) in [4.78, 5) is 25.3. The van der Waals surface area contributed by atoms with E-state index in [0.29, 0.717) is 24.2 Å². The third-order valence-corrected chi connectivity index (χ3v) is 5.53. The number of hydrogen-bond acceptors (Lipinski definition) is 2. The summed E-state index contributed by atoms with van der Waals surface area (Å²) in [5, 5.41) is 9.03. The van der Waals surface area contributed by atoms with E-state index in [2.05, 4.69) is 0 Å². The molecule has 2 fully saturated rings. The second kappa shape index (κ2) is 4.54. The van der Waals surface area contributed by atoms with Crippen LogP contribution in [0, 0.1) is 17.7 Å². The highest BCUT2D eigenvalue weighted by atomic mass is 19.1. The summed E-state index contributed by atoms with van der Waals surface area (Å²) in [5.41, 5.74) is 1.07. The number of benzene rings is 1. The largest absolute Gasteiger partial charge is 0.481 e. The van der Waals surface area contributed by atoms with E-state index >= 15 is 0 Å². The lowest BCUT2D eigenvalue weighted by Crippen LogP contribution is -2.37. The molecule has 1 spiro atoms. The SMILES string of the molecule is O=C(O)C1CC1C(=O)N1CC2(CCCC2)c2c(F)cccc21. The normalized spacial score (nSPS) is 28.0. The highest BCUT2D eigenvalue weighted by Gasteiger charge is 2.54. The number of anilines is 1. The zero-order valence-corrected chi connectivity index (χ0v) is 12.2. The van der Waals surface area contributed by atoms with Gasteiger partial charge >= 0.3 is 5.97 Å². The molecule has 22 heavy (non-hydrogen) atoms. The molecular formula is C17H18FNO3. The van der Waals surface area contributed by atoms with Crippen molar-refractivity contribution in [2.75, 3.05) is 11.4 Å². The lowest BCUT2D eigenvalue weighted by atomic mass is 9.80. The van der Waals surface area contributed by atoms with E-state index < -0.39 is 17.8 Å². The molecule has 4 rings (SSSR count). The van der Waals surface area contributed by atoms with Gasteiger partial charge in [0.15, 0.2) is 0 Å². The smallest absolute Gasteiger partial charge is 0.307 e. The molecule has 1 amide bonds. The Bertz CT molecular complexity index is 666. The third-order valence-electron chi connectivity index (χ3n) is 5.53. The van der Waals surface area contributed by atoms with Crippen molar-refractivity contribution in [2.45, 2.75) is 37.5 Å². The molecule has 0 aromatic heterocycles. The Kier molecular flexibility index (Phi) is 2.83. The van der Waals surface area contributed by atoms with Crippen LogP contribution in [0.25, 0.3) is 0 Å². The molecule has 1 aromatic rings. The van der Waals surface area contributed by atoms with Crippen LogP contribution in [-0.2, 0) is 15.0 Å². The van der Waals surface area contributed by atoms with Crippen molar-refractivity contribution in [3.8, 4) is 0 Å². The summed E-state index contributed by atoms with van der Waals surface area (Å²) in [6.07, 6.45) is 4.31. The van der Waals surface area contributed by atoms with E-state index in [9.17, 15) is 14.0 Å². The van der Waals surface area contributed by atoms with E-state index in [1.54, 1.807) is 17.0 Å². The second-order valence-corrected chi connectivity index (χ2v) is 6.83. The molecule has 1 heterocycles. The first-order chi connectivity index (χ1) is 10.5. The van der Waals surface area contributed by atoms with Gasteiger partial charge in [-0.25, -0.2) is 4.39 Å². The molecule has 2 saturated carbocycles. The molecule has 0 radical (unpaired) electrons. The van der Waals surface area contributed by atoms with Gasteiger partial charge in [0.2, 0.25) is 5.91 Å². The van der Waals surface area contributed by atoms with Gasteiger partial charge in [0.1, 0.15) is 5.82 Å². The van der Waals surface area contributed by atoms with Crippen LogP contribution in [0.5, 0.6) is 0 Å². The van der Waals surface area contributed by atoms with Gasteiger partial charge < -0.3 is 10.0 Å². The Hall–Kier alpha value is -1.91. The Balaban J connectivity index is 1.70. The first kappa shape index (κ1) is 13.7. The van der Waals surface area contributed by atoms with E-state index in [4.69, 9.17) is 5.11 Å².